The number of rotatable bonds is 7. The molecule has 0 radical (unpaired) electrons. The molecule has 0 heterocycles. The fourth-order valence-electron chi connectivity index (χ4n) is 1.83. The number of para-hydroxylation sites is 1. The van der Waals surface area contributed by atoms with Crippen molar-refractivity contribution < 1.29 is 23.8 Å². The van der Waals surface area contributed by atoms with Crippen LogP contribution in [0.15, 0.2) is 18.2 Å². The summed E-state index contributed by atoms with van der Waals surface area (Å²) in [5, 5.41) is 0. The van der Waals surface area contributed by atoms with Crippen LogP contribution in [0.3, 0.4) is 0 Å². The molecule has 23 heavy (non-hydrogen) atoms. The summed E-state index contributed by atoms with van der Waals surface area (Å²) in [5.41, 5.74) is -0.474. The lowest BCUT2D eigenvalue weighted by molar-refractivity contribution is -0.137. The first kappa shape index (κ1) is 19.0. The maximum absolute atomic E-state index is 11.9. The Morgan fingerprint density at radius 1 is 0.913 bits per heavy atom. The molecule has 128 valence electrons. The van der Waals surface area contributed by atoms with Crippen LogP contribution >= 0.6 is 0 Å². The molecule has 0 amide bonds. The molecule has 5 heteroatoms. The molecule has 0 atom stereocenters. The van der Waals surface area contributed by atoms with E-state index in [-0.39, 0.29) is 29.9 Å². The predicted molar refractivity (Wildman–Crippen MR) is 87.9 cm³/mol. The van der Waals surface area contributed by atoms with Gasteiger partial charge in [-0.3, -0.25) is 9.59 Å². The summed E-state index contributed by atoms with van der Waals surface area (Å²) in [7, 11) is 0. The summed E-state index contributed by atoms with van der Waals surface area (Å²) in [6, 6.07) is 4.99. The fourth-order valence-corrected chi connectivity index (χ4v) is 1.83. The second-order valence-electron chi connectivity index (χ2n) is 6.25. The molecule has 0 bridgehead atoms. The van der Waals surface area contributed by atoms with Crippen LogP contribution in [0.1, 0.15) is 60.3 Å². The Morgan fingerprint density at radius 2 is 1.43 bits per heavy atom. The maximum atomic E-state index is 11.9. The fraction of sp³-hybridized carbons (Fsp3) is 0.556. The Hall–Kier alpha value is -2.04. The first-order valence-corrected chi connectivity index (χ1v) is 8.00. The Morgan fingerprint density at radius 3 is 1.96 bits per heavy atom. The summed E-state index contributed by atoms with van der Waals surface area (Å²) in [6.07, 6.45) is 1.94. The normalized spacial score (nSPS) is 11.0. The van der Waals surface area contributed by atoms with Gasteiger partial charge in [-0.05, 0) is 45.7 Å². The van der Waals surface area contributed by atoms with Gasteiger partial charge in [0.15, 0.2) is 11.5 Å². The molecule has 0 aromatic heterocycles. The number of hydrogen-bond acceptors (Lipinski definition) is 5. The summed E-state index contributed by atoms with van der Waals surface area (Å²) in [6.45, 7) is 9.45. The molecule has 0 unspecified atom stereocenters. The van der Waals surface area contributed by atoms with E-state index in [0.29, 0.717) is 25.0 Å². The molecular formula is C18H26O5. The zero-order chi connectivity index (χ0) is 17.5. The van der Waals surface area contributed by atoms with Crippen LogP contribution in [0.4, 0.5) is 0 Å². The lowest BCUT2D eigenvalue weighted by Crippen LogP contribution is -2.24. The number of ether oxygens (including phenoxy) is 3. The van der Waals surface area contributed by atoms with E-state index < -0.39 is 5.60 Å². The van der Waals surface area contributed by atoms with Gasteiger partial charge in [-0.2, -0.15) is 0 Å². The molecule has 5 nitrogen and oxygen atoms in total. The molecule has 0 aliphatic rings. The van der Waals surface area contributed by atoms with Crippen LogP contribution in [0.2, 0.25) is 0 Å². The number of esters is 2. The minimum atomic E-state index is -0.474. The molecule has 0 aliphatic carbocycles. The molecular weight excluding hydrogens is 296 g/mol. The van der Waals surface area contributed by atoms with E-state index in [4.69, 9.17) is 14.2 Å². The van der Waals surface area contributed by atoms with E-state index in [1.54, 1.807) is 18.2 Å². The average Bonchev–Trinajstić information content (AvgIpc) is 2.41. The van der Waals surface area contributed by atoms with E-state index in [1.807, 2.05) is 34.6 Å². The molecule has 0 aliphatic heterocycles. The van der Waals surface area contributed by atoms with E-state index in [9.17, 15) is 9.59 Å². The highest BCUT2D eigenvalue weighted by molar-refractivity contribution is 5.77. The lowest BCUT2D eigenvalue weighted by Gasteiger charge is -2.23. The quantitative estimate of drug-likeness (QED) is 0.554. The minimum Gasteiger partial charge on any atom is -0.484 e. The highest BCUT2D eigenvalue weighted by Gasteiger charge is 2.22. The van der Waals surface area contributed by atoms with Gasteiger partial charge >= 0.3 is 11.9 Å². The molecule has 0 saturated heterocycles. The largest absolute Gasteiger partial charge is 0.484 e. The summed E-state index contributed by atoms with van der Waals surface area (Å²) in [4.78, 5) is 23.6. The Bertz CT molecular complexity index is 543. The number of hydrogen-bond donors (Lipinski definition) is 0. The topological polar surface area (TPSA) is 61.8 Å². The second-order valence-corrected chi connectivity index (χ2v) is 6.25. The number of carbonyl (C=O) groups is 2. The van der Waals surface area contributed by atoms with Gasteiger partial charge in [0.05, 0.1) is 0 Å². The van der Waals surface area contributed by atoms with Crippen LogP contribution in [0.25, 0.3) is 0 Å². The highest BCUT2D eigenvalue weighted by atomic mass is 16.6. The third-order valence-electron chi connectivity index (χ3n) is 2.71. The van der Waals surface area contributed by atoms with Crippen molar-refractivity contribution in [1.82, 2.24) is 0 Å². The van der Waals surface area contributed by atoms with E-state index >= 15 is 0 Å². The molecule has 0 N–H and O–H groups in total. The number of carbonyl (C=O) groups excluding carboxylic acids is 2. The zero-order valence-corrected chi connectivity index (χ0v) is 14.6. The van der Waals surface area contributed by atoms with E-state index in [2.05, 4.69) is 0 Å². The van der Waals surface area contributed by atoms with Gasteiger partial charge in [-0.25, -0.2) is 0 Å². The van der Waals surface area contributed by atoms with Gasteiger partial charge in [0.2, 0.25) is 5.75 Å². The third kappa shape index (κ3) is 6.72. The smallest absolute Gasteiger partial charge is 0.311 e. The maximum Gasteiger partial charge on any atom is 0.311 e. The summed E-state index contributed by atoms with van der Waals surface area (Å²) < 4.78 is 16.6. The summed E-state index contributed by atoms with van der Waals surface area (Å²) >= 11 is 0. The third-order valence-corrected chi connectivity index (χ3v) is 2.71. The van der Waals surface area contributed by atoms with E-state index in [0.717, 1.165) is 0 Å². The molecule has 1 aromatic rings. The van der Waals surface area contributed by atoms with Crippen LogP contribution in [0, 0.1) is 0 Å². The van der Waals surface area contributed by atoms with Crippen molar-refractivity contribution in [2.45, 2.75) is 65.9 Å². The number of benzene rings is 1. The SMILES string of the molecule is CCCC(=O)Oc1cccc(OC(C)(C)C)c1OC(=O)CCC. The van der Waals surface area contributed by atoms with Crippen molar-refractivity contribution in [1.29, 1.82) is 0 Å². The monoisotopic (exact) mass is 322 g/mol. The van der Waals surface area contributed by atoms with E-state index in [1.165, 1.54) is 0 Å². The van der Waals surface area contributed by atoms with Crippen LogP contribution < -0.4 is 14.2 Å². The molecule has 0 saturated carbocycles. The highest BCUT2D eigenvalue weighted by Crippen LogP contribution is 2.39. The Kier molecular flexibility index (Phi) is 7.07. The van der Waals surface area contributed by atoms with Crippen molar-refractivity contribution in [2.24, 2.45) is 0 Å². The predicted octanol–water partition coefficient (Wildman–Crippen LogP) is 4.27. The molecule has 1 rings (SSSR count). The molecule has 0 spiro atoms. The van der Waals surface area contributed by atoms with Gasteiger partial charge in [0.1, 0.15) is 5.60 Å². The van der Waals surface area contributed by atoms with Crippen LogP contribution in [-0.4, -0.2) is 17.5 Å². The van der Waals surface area contributed by atoms with Gasteiger partial charge < -0.3 is 14.2 Å². The average molecular weight is 322 g/mol. The van der Waals surface area contributed by atoms with Crippen molar-refractivity contribution in [2.75, 3.05) is 0 Å². The second kappa shape index (κ2) is 8.56. The van der Waals surface area contributed by atoms with Gasteiger partial charge in [-0.1, -0.05) is 19.9 Å². The first-order chi connectivity index (χ1) is 10.8. The minimum absolute atomic E-state index is 0.158. The van der Waals surface area contributed by atoms with Gasteiger partial charge in [0.25, 0.3) is 0 Å². The van der Waals surface area contributed by atoms with Crippen LogP contribution in [-0.2, 0) is 9.59 Å². The van der Waals surface area contributed by atoms with Crippen LogP contribution in [0.5, 0.6) is 17.2 Å². The van der Waals surface area contributed by atoms with Crippen molar-refractivity contribution in [3.05, 3.63) is 18.2 Å². The lowest BCUT2D eigenvalue weighted by atomic mass is 10.2. The van der Waals surface area contributed by atoms with Crippen molar-refractivity contribution in [3.63, 3.8) is 0 Å². The van der Waals surface area contributed by atoms with Gasteiger partial charge in [0, 0.05) is 12.8 Å². The molecule has 0 fully saturated rings. The zero-order valence-electron chi connectivity index (χ0n) is 14.6. The van der Waals surface area contributed by atoms with Crippen molar-refractivity contribution >= 4 is 11.9 Å². The molecule has 1 aromatic carbocycles. The van der Waals surface area contributed by atoms with Crippen molar-refractivity contribution in [3.8, 4) is 17.2 Å². The first-order valence-electron chi connectivity index (χ1n) is 8.00. The Labute approximate surface area is 137 Å². The Balaban J connectivity index is 3.14. The standard InChI is InChI=1S/C18H26O5/c1-6-9-15(19)21-13-11-8-12-14(23-18(3,4)5)17(13)22-16(20)10-7-2/h8,11-12H,6-7,9-10H2,1-5H3. The summed E-state index contributed by atoms with van der Waals surface area (Å²) in [5.74, 6) is -0.0119. The van der Waals surface area contributed by atoms with Gasteiger partial charge in [-0.15, -0.1) is 0 Å².